The van der Waals surface area contributed by atoms with E-state index in [1.807, 2.05) is 47.2 Å². The molecule has 130 valence electrons. The molecule has 0 aliphatic heterocycles. The minimum Gasteiger partial charge on any atom is -0.462 e. The minimum absolute atomic E-state index is 0.0146. The predicted molar refractivity (Wildman–Crippen MR) is 101 cm³/mol. The number of hydrogen-bond acceptors (Lipinski definition) is 3. The first kappa shape index (κ1) is 16.1. The Labute approximate surface area is 150 Å². The number of nitrogens with zero attached hydrogens (tertiary/aromatic N) is 1. The van der Waals surface area contributed by atoms with Crippen LogP contribution in [0.5, 0.6) is 0 Å². The lowest BCUT2D eigenvalue weighted by Crippen LogP contribution is -2.06. The Morgan fingerprint density at radius 2 is 1.77 bits per heavy atom. The van der Waals surface area contributed by atoms with Crippen molar-refractivity contribution in [2.45, 2.75) is 13.8 Å². The zero-order valence-corrected chi connectivity index (χ0v) is 14.6. The van der Waals surface area contributed by atoms with Gasteiger partial charge in [-0.2, -0.15) is 0 Å². The summed E-state index contributed by atoms with van der Waals surface area (Å²) in [6, 6.07) is 15.0. The lowest BCUT2D eigenvalue weighted by molar-refractivity contribution is 0.0526. The van der Waals surface area contributed by atoms with Crippen molar-refractivity contribution in [1.82, 2.24) is 9.55 Å². The first-order valence-corrected chi connectivity index (χ1v) is 8.50. The fraction of sp³-hybridized carbons (Fsp3) is 0.143. The lowest BCUT2D eigenvalue weighted by atomic mass is 10.1. The standard InChI is InChI=1S/C21H18N2O3/c1-3-26-21(25)14-8-10-15(11-9-14)23-12-18-19(20(23)13(2)24)16-6-4-5-7-17(16)22-18/h4-12,22H,3H2,1-2H3. The molecule has 2 aromatic carbocycles. The van der Waals surface area contributed by atoms with Crippen molar-refractivity contribution in [2.75, 3.05) is 6.61 Å². The van der Waals surface area contributed by atoms with E-state index in [-0.39, 0.29) is 11.8 Å². The highest BCUT2D eigenvalue weighted by atomic mass is 16.5. The molecule has 4 aromatic rings. The highest BCUT2D eigenvalue weighted by molar-refractivity contribution is 6.17. The summed E-state index contributed by atoms with van der Waals surface area (Å²) in [7, 11) is 0. The van der Waals surface area contributed by atoms with Gasteiger partial charge < -0.3 is 14.3 Å². The maximum absolute atomic E-state index is 12.4. The maximum Gasteiger partial charge on any atom is 0.338 e. The summed E-state index contributed by atoms with van der Waals surface area (Å²) in [6.45, 7) is 3.68. The van der Waals surface area contributed by atoms with Crippen LogP contribution in [0.4, 0.5) is 0 Å². The van der Waals surface area contributed by atoms with Crippen LogP contribution in [0, 0.1) is 0 Å². The number of para-hydroxylation sites is 1. The van der Waals surface area contributed by atoms with Crippen molar-refractivity contribution >= 4 is 33.6 Å². The molecule has 0 aliphatic rings. The normalized spacial score (nSPS) is 11.2. The molecule has 0 unspecified atom stereocenters. The van der Waals surface area contributed by atoms with Gasteiger partial charge in [0.25, 0.3) is 0 Å². The van der Waals surface area contributed by atoms with E-state index >= 15 is 0 Å². The molecular formula is C21H18N2O3. The number of esters is 1. The van der Waals surface area contributed by atoms with E-state index in [4.69, 9.17) is 4.74 Å². The third kappa shape index (κ3) is 2.49. The van der Waals surface area contributed by atoms with Crippen LogP contribution in [-0.4, -0.2) is 27.9 Å². The molecule has 0 radical (unpaired) electrons. The molecule has 0 atom stereocenters. The van der Waals surface area contributed by atoms with Crippen LogP contribution in [0.2, 0.25) is 0 Å². The number of ether oxygens (including phenoxy) is 1. The first-order chi connectivity index (χ1) is 12.6. The van der Waals surface area contributed by atoms with Gasteiger partial charge in [0, 0.05) is 35.1 Å². The zero-order valence-electron chi connectivity index (χ0n) is 14.6. The Kier molecular flexibility index (Phi) is 3.84. The molecule has 5 nitrogen and oxygen atoms in total. The van der Waals surface area contributed by atoms with Crippen molar-refractivity contribution in [1.29, 1.82) is 0 Å². The molecule has 0 saturated heterocycles. The van der Waals surface area contributed by atoms with Crippen molar-refractivity contribution in [3.8, 4) is 5.69 Å². The molecular weight excluding hydrogens is 328 g/mol. The van der Waals surface area contributed by atoms with E-state index in [0.29, 0.717) is 17.9 Å². The fourth-order valence-corrected chi connectivity index (χ4v) is 3.35. The van der Waals surface area contributed by atoms with Gasteiger partial charge in [0.05, 0.1) is 23.4 Å². The summed E-state index contributed by atoms with van der Waals surface area (Å²) in [5, 5.41) is 1.94. The zero-order chi connectivity index (χ0) is 18.3. The predicted octanol–water partition coefficient (Wildman–Crippen LogP) is 4.49. The molecule has 0 saturated carbocycles. The number of carbonyl (C=O) groups excluding carboxylic acids is 2. The van der Waals surface area contributed by atoms with Crippen LogP contribution < -0.4 is 0 Å². The van der Waals surface area contributed by atoms with Gasteiger partial charge in [0.1, 0.15) is 0 Å². The minimum atomic E-state index is -0.351. The Morgan fingerprint density at radius 3 is 2.46 bits per heavy atom. The van der Waals surface area contributed by atoms with Crippen LogP contribution in [-0.2, 0) is 4.74 Å². The summed E-state index contributed by atoms with van der Waals surface area (Å²) in [6.07, 6.45) is 1.92. The van der Waals surface area contributed by atoms with E-state index in [0.717, 1.165) is 27.5 Å². The number of Topliss-reactive ketones (excluding diaryl/α,β-unsaturated/α-hetero) is 1. The van der Waals surface area contributed by atoms with Gasteiger partial charge in [-0.15, -0.1) is 0 Å². The number of ketones is 1. The summed E-state index contributed by atoms with van der Waals surface area (Å²) in [5.41, 5.74) is 3.84. The molecule has 26 heavy (non-hydrogen) atoms. The van der Waals surface area contributed by atoms with Crippen molar-refractivity contribution < 1.29 is 14.3 Å². The smallest absolute Gasteiger partial charge is 0.338 e. The van der Waals surface area contributed by atoms with Crippen molar-refractivity contribution in [2.24, 2.45) is 0 Å². The largest absolute Gasteiger partial charge is 0.462 e. The van der Waals surface area contributed by atoms with Crippen LogP contribution in [0.3, 0.4) is 0 Å². The maximum atomic E-state index is 12.4. The second-order valence-electron chi connectivity index (χ2n) is 6.13. The van der Waals surface area contributed by atoms with Crippen molar-refractivity contribution in [3.05, 3.63) is 66.0 Å². The van der Waals surface area contributed by atoms with Gasteiger partial charge in [-0.25, -0.2) is 4.79 Å². The van der Waals surface area contributed by atoms with E-state index in [1.165, 1.54) is 0 Å². The molecule has 2 aromatic heterocycles. The number of rotatable bonds is 4. The Hall–Kier alpha value is -3.34. The van der Waals surface area contributed by atoms with Gasteiger partial charge in [0.15, 0.2) is 5.78 Å². The molecule has 0 aliphatic carbocycles. The van der Waals surface area contributed by atoms with Crippen LogP contribution >= 0.6 is 0 Å². The van der Waals surface area contributed by atoms with Gasteiger partial charge >= 0.3 is 5.97 Å². The van der Waals surface area contributed by atoms with Gasteiger partial charge in [-0.1, -0.05) is 18.2 Å². The molecule has 0 spiro atoms. The number of nitrogens with one attached hydrogen (secondary N) is 1. The number of carbonyl (C=O) groups is 2. The van der Waals surface area contributed by atoms with Crippen LogP contribution in [0.1, 0.15) is 34.7 Å². The number of aromatic amines is 1. The quantitative estimate of drug-likeness (QED) is 0.437. The Morgan fingerprint density at radius 1 is 1.04 bits per heavy atom. The number of benzene rings is 2. The molecule has 5 heteroatoms. The van der Waals surface area contributed by atoms with Gasteiger partial charge in [0.2, 0.25) is 0 Å². The first-order valence-electron chi connectivity index (χ1n) is 8.50. The summed E-state index contributed by atoms with van der Waals surface area (Å²) < 4.78 is 6.88. The molecule has 0 bridgehead atoms. The monoisotopic (exact) mass is 346 g/mol. The molecule has 0 fully saturated rings. The lowest BCUT2D eigenvalue weighted by Gasteiger charge is -2.09. The number of fused-ring (bicyclic) bond motifs is 3. The van der Waals surface area contributed by atoms with Crippen LogP contribution in [0.15, 0.2) is 54.7 Å². The molecule has 4 rings (SSSR count). The summed E-state index contributed by atoms with van der Waals surface area (Å²) >= 11 is 0. The summed E-state index contributed by atoms with van der Waals surface area (Å²) in [5.74, 6) is -0.365. The molecule has 0 amide bonds. The average Bonchev–Trinajstić information content (AvgIpc) is 3.18. The van der Waals surface area contributed by atoms with E-state index < -0.39 is 0 Å². The Bertz CT molecular complexity index is 1130. The second kappa shape index (κ2) is 6.19. The molecule has 1 N–H and O–H groups in total. The summed E-state index contributed by atoms with van der Waals surface area (Å²) in [4.78, 5) is 27.6. The van der Waals surface area contributed by atoms with E-state index in [1.54, 1.807) is 26.0 Å². The van der Waals surface area contributed by atoms with Gasteiger partial charge in [-0.05, 0) is 37.3 Å². The number of aromatic nitrogens is 2. The number of hydrogen-bond donors (Lipinski definition) is 1. The third-order valence-electron chi connectivity index (χ3n) is 4.46. The third-order valence-corrected chi connectivity index (χ3v) is 4.46. The number of H-pyrrole nitrogens is 1. The van der Waals surface area contributed by atoms with E-state index in [9.17, 15) is 9.59 Å². The second-order valence-corrected chi connectivity index (χ2v) is 6.13. The highest BCUT2D eigenvalue weighted by Gasteiger charge is 2.19. The van der Waals surface area contributed by atoms with Crippen molar-refractivity contribution in [3.63, 3.8) is 0 Å². The molecule has 2 heterocycles. The van der Waals surface area contributed by atoms with Gasteiger partial charge in [-0.3, -0.25) is 4.79 Å². The van der Waals surface area contributed by atoms with E-state index in [2.05, 4.69) is 4.98 Å². The SMILES string of the molecule is CCOC(=O)c1ccc(-n2cc3[nH]c4ccccc4c3c2C(C)=O)cc1. The van der Waals surface area contributed by atoms with Crippen LogP contribution in [0.25, 0.3) is 27.5 Å². The Balaban J connectivity index is 1.87. The highest BCUT2D eigenvalue weighted by Crippen LogP contribution is 2.32. The fourth-order valence-electron chi connectivity index (χ4n) is 3.35. The average molecular weight is 346 g/mol. The topological polar surface area (TPSA) is 64.1 Å².